The van der Waals surface area contributed by atoms with Gasteiger partial charge < -0.3 is 15.8 Å². The van der Waals surface area contributed by atoms with Gasteiger partial charge in [-0.1, -0.05) is 0 Å². The molecule has 7 nitrogen and oxygen atoms in total. The summed E-state index contributed by atoms with van der Waals surface area (Å²) in [4.78, 5) is 14.8. The van der Waals surface area contributed by atoms with Crippen molar-refractivity contribution < 1.29 is 9.53 Å². The number of anilines is 1. The van der Waals surface area contributed by atoms with E-state index in [1.807, 2.05) is 0 Å². The Labute approximate surface area is 74.7 Å². The van der Waals surface area contributed by atoms with Crippen molar-refractivity contribution >= 4 is 11.9 Å². The van der Waals surface area contributed by atoms with Gasteiger partial charge in [0.15, 0.2) is 0 Å². The smallest absolute Gasteiger partial charge is 0.288 e. The van der Waals surface area contributed by atoms with Crippen LogP contribution in [0.15, 0.2) is 0 Å². The van der Waals surface area contributed by atoms with Gasteiger partial charge in [-0.2, -0.15) is 4.98 Å². The minimum absolute atomic E-state index is 0.0527. The number of nitrogens with two attached hydrogens (primary N) is 1. The summed E-state index contributed by atoms with van der Waals surface area (Å²) in [5.74, 6) is -0.188. The van der Waals surface area contributed by atoms with Crippen molar-refractivity contribution in [3.63, 3.8) is 0 Å². The van der Waals surface area contributed by atoms with Crippen LogP contribution in [0.2, 0.25) is 0 Å². The number of ether oxygens (including phenoxy) is 1. The zero-order valence-electron chi connectivity index (χ0n) is 7.20. The summed E-state index contributed by atoms with van der Waals surface area (Å²) in [5.41, 5.74) is 5.21. The summed E-state index contributed by atoms with van der Waals surface area (Å²) in [5, 5.41) is 8.47. The number of aromatic amines is 1. The van der Waals surface area contributed by atoms with Crippen LogP contribution < -0.4 is 11.1 Å². The zero-order valence-corrected chi connectivity index (χ0v) is 7.20. The first-order valence-corrected chi connectivity index (χ1v) is 3.69. The zero-order chi connectivity index (χ0) is 9.68. The molecular weight excluding hydrogens is 174 g/mol. The molecule has 1 aromatic rings. The predicted molar refractivity (Wildman–Crippen MR) is 45.0 cm³/mol. The molecule has 0 atom stereocenters. The highest BCUT2D eigenvalue weighted by Gasteiger charge is 2.08. The Morgan fingerprint density at radius 1 is 1.77 bits per heavy atom. The highest BCUT2D eigenvalue weighted by Crippen LogP contribution is 1.91. The van der Waals surface area contributed by atoms with E-state index < -0.39 is 0 Å². The number of nitrogen functional groups attached to an aromatic ring is 1. The maximum Gasteiger partial charge on any atom is 0.288 e. The molecule has 0 aliphatic heterocycles. The van der Waals surface area contributed by atoms with Gasteiger partial charge in [-0.15, -0.1) is 5.10 Å². The van der Waals surface area contributed by atoms with Gasteiger partial charge in [0, 0.05) is 13.7 Å². The number of rotatable bonds is 4. The van der Waals surface area contributed by atoms with Gasteiger partial charge in [0.1, 0.15) is 0 Å². The van der Waals surface area contributed by atoms with Crippen molar-refractivity contribution in [1.82, 2.24) is 20.5 Å². The monoisotopic (exact) mass is 185 g/mol. The number of amides is 1. The molecule has 0 radical (unpaired) electrons. The average Bonchev–Trinajstić information content (AvgIpc) is 2.52. The fourth-order valence-electron chi connectivity index (χ4n) is 0.727. The lowest BCUT2D eigenvalue weighted by atomic mass is 10.5. The Morgan fingerprint density at radius 3 is 3.08 bits per heavy atom. The topological polar surface area (TPSA) is 106 Å². The van der Waals surface area contributed by atoms with Crippen LogP contribution in [0.4, 0.5) is 5.95 Å². The normalized spacial score (nSPS) is 9.92. The van der Waals surface area contributed by atoms with E-state index in [-0.39, 0.29) is 17.7 Å². The van der Waals surface area contributed by atoms with Crippen LogP contribution in [0, 0.1) is 0 Å². The van der Waals surface area contributed by atoms with E-state index >= 15 is 0 Å². The summed E-state index contributed by atoms with van der Waals surface area (Å²) >= 11 is 0. The summed E-state index contributed by atoms with van der Waals surface area (Å²) in [6.07, 6.45) is 0. The lowest BCUT2D eigenvalue weighted by molar-refractivity contribution is 0.0927. The number of nitrogens with zero attached hydrogens (tertiary/aromatic N) is 2. The second-order valence-electron chi connectivity index (χ2n) is 2.29. The van der Waals surface area contributed by atoms with Gasteiger partial charge in [0.25, 0.3) is 5.91 Å². The Hall–Kier alpha value is -1.63. The molecule has 13 heavy (non-hydrogen) atoms. The molecular formula is C6H11N5O2. The van der Waals surface area contributed by atoms with Crippen LogP contribution in [-0.4, -0.2) is 41.3 Å². The summed E-state index contributed by atoms with van der Waals surface area (Å²) < 4.78 is 4.75. The van der Waals surface area contributed by atoms with E-state index in [1.54, 1.807) is 7.11 Å². The van der Waals surface area contributed by atoms with Crippen molar-refractivity contribution in [3.05, 3.63) is 5.82 Å². The highest BCUT2D eigenvalue weighted by atomic mass is 16.5. The van der Waals surface area contributed by atoms with Crippen molar-refractivity contribution in [2.75, 3.05) is 26.0 Å². The Morgan fingerprint density at radius 2 is 2.54 bits per heavy atom. The first-order valence-electron chi connectivity index (χ1n) is 3.69. The average molecular weight is 185 g/mol. The third-order valence-corrected chi connectivity index (χ3v) is 1.31. The molecule has 1 rings (SSSR count). The summed E-state index contributed by atoms with van der Waals surface area (Å²) in [6.45, 7) is 0.880. The number of H-pyrrole nitrogens is 1. The van der Waals surface area contributed by atoms with E-state index in [0.717, 1.165) is 0 Å². The van der Waals surface area contributed by atoms with Crippen LogP contribution >= 0.6 is 0 Å². The van der Waals surface area contributed by atoms with E-state index in [4.69, 9.17) is 10.5 Å². The minimum atomic E-state index is -0.346. The van der Waals surface area contributed by atoms with Crippen LogP contribution in [0.3, 0.4) is 0 Å². The van der Waals surface area contributed by atoms with E-state index in [0.29, 0.717) is 13.2 Å². The van der Waals surface area contributed by atoms with Gasteiger partial charge in [-0.25, -0.2) is 0 Å². The molecule has 0 bridgehead atoms. The summed E-state index contributed by atoms with van der Waals surface area (Å²) in [6, 6.07) is 0. The molecule has 0 aromatic carbocycles. The molecule has 72 valence electrons. The van der Waals surface area contributed by atoms with Crippen LogP contribution in [-0.2, 0) is 4.74 Å². The molecule has 0 fully saturated rings. The summed E-state index contributed by atoms with van der Waals surface area (Å²) in [7, 11) is 1.55. The van der Waals surface area contributed by atoms with Crippen molar-refractivity contribution in [1.29, 1.82) is 0 Å². The minimum Gasteiger partial charge on any atom is -0.383 e. The Bertz CT molecular complexity index is 284. The van der Waals surface area contributed by atoms with E-state index in [2.05, 4.69) is 20.5 Å². The van der Waals surface area contributed by atoms with Crippen LogP contribution in [0.5, 0.6) is 0 Å². The number of carbonyl (C=O) groups excluding carboxylic acids is 1. The van der Waals surface area contributed by atoms with Gasteiger partial charge in [0.05, 0.1) is 6.61 Å². The quantitative estimate of drug-likeness (QED) is 0.509. The number of carbonyl (C=O) groups is 1. The third-order valence-electron chi connectivity index (χ3n) is 1.31. The van der Waals surface area contributed by atoms with Crippen LogP contribution in [0.1, 0.15) is 10.6 Å². The lowest BCUT2D eigenvalue weighted by Gasteiger charge is -2.00. The largest absolute Gasteiger partial charge is 0.383 e. The van der Waals surface area contributed by atoms with Gasteiger partial charge >= 0.3 is 0 Å². The molecule has 0 saturated carbocycles. The number of nitrogens with one attached hydrogen (secondary N) is 2. The Kier molecular flexibility index (Phi) is 3.21. The Balaban J connectivity index is 2.40. The van der Waals surface area contributed by atoms with Gasteiger partial charge in [-0.3, -0.25) is 9.89 Å². The van der Waals surface area contributed by atoms with E-state index in [9.17, 15) is 4.79 Å². The second-order valence-corrected chi connectivity index (χ2v) is 2.29. The number of hydrogen-bond donors (Lipinski definition) is 3. The first-order chi connectivity index (χ1) is 6.24. The second kappa shape index (κ2) is 4.41. The van der Waals surface area contributed by atoms with Gasteiger partial charge in [0.2, 0.25) is 11.8 Å². The standard InChI is InChI=1S/C6H11N5O2/c1-13-3-2-8-5(12)4-9-6(7)11-10-4/h2-3H2,1H3,(H,8,12)(H3,7,9,10,11). The molecule has 0 aliphatic carbocycles. The predicted octanol–water partition coefficient (Wildman–Crippen LogP) is -1.24. The molecule has 1 aromatic heterocycles. The molecule has 4 N–H and O–H groups in total. The van der Waals surface area contributed by atoms with Crippen molar-refractivity contribution in [2.24, 2.45) is 0 Å². The van der Waals surface area contributed by atoms with Crippen molar-refractivity contribution in [2.45, 2.75) is 0 Å². The first kappa shape index (κ1) is 9.46. The highest BCUT2D eigenvalue weighted by molar-refractivity contribution is 5.90. The van der Waals surface area contributed by atoms with Crippen LogP contribution in [0.25, 0.3) is 0 Å². The molecule has 0 aliphatic rings. The SMILES string of the molecule is COCCNC(=O)c1nc(N)n[nH]1. The van der Waals surface area contributed by atoms with Crippen molar-refractivity contribution in [3.8, 4) is 0 Å². The van der Waals surface area contributed by atoms with E-state index in [1.165, 1.54) is 0 Å². The third kappa shape index (κ3) is 2.71. The maximum absolute atomic E-state index is 11.2. The van der Waals surface area contributed by atoms with Gasteiger partial charge in [-0.05, 0) is 0 Å². The fourth-order valence-corrected chi connectivity index (χ4v) is 0.727. The fraction of sp³-hybridized carbons (Fsp3) is 0.500. The number of hydrogen-bond acceptors (Lipinski definition) is 5. The molecule has 1 heterocycles. The number of methoxy groups -OCH3 is 1. The molecule has 0 saturated heterocycles. The molecule has 0 unspecified atom stereocenters. The maximum atomic E-state index is 11.2. The molecule has 0 spiro atoms. The lowest BCUT2D eigenvalue weighted by Crippen LogP contribution is -2.27. The molecule has 1 amide bonds. The molecule has 7 heteroatoms. The number of aromatic nitrogens is 3.